The highest BCUT2D eigenvalue weighted by atomic mass is 16.6. The van der Waals surface area contributed by atoms with E-state index in [0.717, 1.165) is 25.8 Å². The summed E-state index contributed by atoms with van der Waals surface area (Å²) in [5.74, 6) is 0. The second-order valence-electron chi connectivity index (χ2n) is 7.47. The number of nitrogens with zero attached hydrogens (tertiary/aromatic N) is 1. The first-order chi connectivity index (χ1) is 9.65. The van der Waals surface area contributed by atoms with Crippen LogP contribution in [0.2, 0.25) is 0 Å². The van der Waals surface area contributed by atoms with E-state index in [-0.39, 0.29) is 12.6 Å². The van der Waals surface area contributed by atoms with Crippen LogP contribution in [0.4, 0.5) is 4.79 Å². The summed E-state index contributed by atoms with van der Waals surface area (Å²) >= 11 is 0. The highest BCUT2D eigenvalue weighted by Gasteiger charge is 2.51. The zero-order valence-corrected chi connectivity index (χ0v) is 13.4. The summed E-state index contributed by atoms with van der Waals surface area (Å²) in [5, 5.41) is 14.3. The molecule has 0 saturated carbocycles. The van der Waals surface area contributed by atoms with Crippen LogP contribution >= 0.6 is 0 Å². The van der Waals surface area contributed by atoms with Crippen LogP contribution in [0.25, 0.3) is 0 Å². The lowest BCUT2D eigenvalue weighted by Crippen LogP contribution is -2.72. The summed E-state index contributed by atoms with van der Waals surface area (Å²) in [6.45, 7) is 7.92. The van der Waals surface area contributed by atoms with E-state index in [9.17, 15) is 9.90 Å². The first kappa shape index (κ1) is 16.5. The van der Waals surface area contributed by atoms with E-state index in [0.29, 0.717) is 19.5 Å². The maximum Gasteiger partial charge on any atom is 0.410 e. The van der Waals surface area contributed by atoms with Crippen molar-refractivity contribution in [3.63, 3.8) is 0 Å². The topological polar surface area (TPSA) is 87.8 Å². The number of β-amino-alcohol motifs (C(OH)–C–C–N with tert-alkyl or cyclic N) is 1. The van der Waals surface area contributed by atoms with Crippen LogP contribution in [0, 0.1) is 0 Å². The Labute approximate surface area is 127 Å². The molecule has 6 nitrogen and oxygen atoms in total. The zero-order valence-electron chi connectivity index (χ0n) is 13.4. The Bertz CT molecular complexity index is 388. The van der Waals surface area contributed by atoms with Gasteiger partial charge < -0.3 is 25.8 Å². The number of aliphatic hydroxyl groups is 1. The summed E-state index contributed by atoms with van der Waals surface area (Å²) in [7, 11) is 0. The molecule has 21 heavy (non-hydrogen) atoms. The number of nitrogens with two attached hydrogens (primary N) is 1. The SMILES string of the molecule is CC(C)(C)OC(=O)N1CCCC(O)(C2(N)CCCNC2)C1. The van der Waals surface area contributed by atoms with Crippen LogP contribution < -0.4 is 11.1 Å². The van der Waals surface area contributed by atoms with Crippen molar-refractivity contribution in [3.05, 3.63) is 0 Å². The molecule has 0 bridgehead atoms. The second-order valence-corrected chi connectivity index (χ2v) is 7.47. The number of carbonyl (C=O) groups excluding carboxylic acids is 1. The second kappa shape index (κ2) is 5.74. The number of nitrogens with one attached hydrogen (secondary N) is 1. The van der Waals surface area contributed by atoms with Crippen LogP contribution in [0.3, 0.4) is 0 Å². The van der Waals surface area contributed by atoms with Crippen molar-refractivity contribution in [1.82, 2.24) is 10.2 Å². The third-order valence-corrected chi connectivity index (χ3v) is 4.47. The molecule has 2 saturated heterocycles. The number of ether oxygens (including phenoxy) is 1. The Morgan fingerprint density at radius 2 is 2.05 bits per heavy atom. The maximum absolute atomic E-state index is 12.2. The molecule has 2 unspecified atom stereocenters. The van der Waals surface area contributed by atoms with Gasteiger partial charge in [-0.2, -0.15) is 0 Å². The summed E-state index contributed by atoms with van der Waals surface area (Å²) in [4.78, 5) is 13.8. The number of likely N-dealkylation sites (tertiary alicyclic amines) is 1. The van der Waals surface area contributed by atoms with Gasteiger partial charge in [0.1, 0.15) is 11.2 Å². The van der Waals surface area contributed by atoms with Gasteiger partial charge in [0.25, 0.3) is 0 Å². The molecule has 0 aromatic heterocycles. The average Bonchev–Trinajstić information content (AvgIpc) is 2.37. The Balaban J connectivity index is 2.07. The Hall–Kier alpha value is -0.850. The van der Waals surface area contributed by atoms with Crippen molar-refractivity contribution in [2.75, 3.05) is 26.2 Å². The molecule has 2 fully saturated rings. The van der Waals surface area contributed by atoms with Gasteiger partial charge in [-0.3, -0.25) is 0 Å². The average molecular weight is 299 g/mol. The number of carbonyl (C=O) groups is 1. The van der Waals surface area contributed by atoms with Gasteiger partial charge in [-0.15, -0.1) is 0 Å². The predicted octanol–water partition coefficient (Wildman–Crippen LogP) is 0.829. The fourth-order valence-corrected chi connectivity index (χ4v) is 3.25. The molecule has 2 heterocycles. The Morgan fingerprint density at radius 1 is 1.33 bits per heavy atom. The minimum atomic E-state index is -1.05. The molecule has 1 amide bonds. The van der Waals surface area contributed by atoms with Gasteiger partial charge in [0.05, 0.1) is 12.1 Å². The lowest BCUT2D eigenvalue weighted by Gasteiger charge is -2.51. The van der Waals surface area contributed by atoms with Crippen molar-refractivity contribution >= 4 is 6.09 Å². The molecular weight excluding hydrogens is 270 g/mol. The minimum Gasteiger partial charge on any atom is -0.444 e. The van der Waals surface area contributed by atoms with E-state index in [1.54, 1.807) is 4.90 Å². The van der Waals surface area contributed by atoms with Gasteiger partial charge in [0.15, 0.2) is 0 Å². The van der Waals surface area contributed by atoms with Crippen LogP contribution in [-0.2, 0) is 4.74 Å². The summed E-state index contributed by atoms with van der Waals surface area (Å²) in [5.41, 5.74) is 4.22. The summed E-state index contributed by atoms with van der Waals surface area (Å²) in [6, 6.07) is 0. The maximum atomic E-state index is 12.2. The molecule has 0 radical (unpaired) electrons. The molecule has 122 valence electrons. The standard InChI is InChI=1S/C15H29N3O3/c1-13(2,3)21-12(19)18-9-5-7-15(20,11-18)14(16)6-4-8-17-10-14/h17,20H,4-11,16H2,1-3H3. The van der Waals surface area contributed by atoms with E-state index in [2.05, 4.69) is 5.32 Å². The van der Waals surface area contributed by atoms with Crippen molar-refractivity contribution in [2.24, 2.45) is 5.73 Å². The van der Waals surface area contributed by atoms with E-state index >= 15 is 0 Å². The Kier molecular flexibility index (Phi) is 4.52. The number of rotatable bonds is 1. The third-order valence-electron chi connectivity index (χ3n) is 4.47. The van der Waals surface area contributed by atoms with Crippen molar-refractivity contribution in [1.29, 1.82) is 0 Å². The number of hydrogen-bond acceptors (Lipinski definition) is 5. The van der Waals surface area contributed by atoms with E-state index < -0.39 is 16.7 Å². The summed E-state index contributed by atoms with van der Waals surface area (Å²) < 4.78 is 5.41. The monoisotopic (exact) mass is 299 g/mol. The highest BCUT2D eigenvalue weighted by molar-refractivity contribution is 5.68. The molecule has 0 aromatic rings. The largest absolute Gasteiger partial charge is 0.444 e. The van der Waals surface area contributed by atoms with Crippen molar-refractivity contribution in [2.45, 2.75) is 63.2 Å². The van der Waals surface area contributed by atoms with Gasteiger partial charge in [0, 0.05) is 13.1 Å². The fourth-order valence-electron chi connectivity index (χ4n) is 3.25. The lowest BCUT2D eigenvalue weighted by atomic mass is 9.71. The number of hydrogen-bond donors (Lipinski definition) is 3. The van der Waals surface area contributed by atoms with Gasteiger partial charge in [0.2, 0.25) is 0 Å². The molecule has 0 aliphatic carbocycles. The quantitative estimate of drug-likeness (QED) is 0.667. The normalized spacial score (nSPS) is 34.6. The highest BCUT2D eigenvalue weighted by Crippen LogP contribution is 2.34. The zero-order chi connectivity index (χ0) is 15.7. The van der Waals surface area contributed by atoms with Gasteiger partial charge >= 0.3 is 6.09 Å². The molecular formula is C15H29N3O3. The van der Waals surface area contributed by atoms with Crippen molar-refractivity contribution < 1.29 is 14.6 Å². The smallest absolute Gasteiger partial charge is 0.410 e. The third kappa shape index (κ3) is 3.67. The Morgan fingerprint density at radius 3 is 2.62 bits per heavy atom. The van der Waals surface area contributed by atoms with Crippen molar-refractivity contribution in [3.8, 4) is 0 Å². The van der Waals surface area contributed by atoms with E-state index in [1.165, 1.54) is 0 Å². The van der Waals surface area contributed by atoms with E-state index in [1.807, 2.05) is 20.8 Å². The summed E-state index contributed by atoms with van der Waals surface area (Å²) in [6.07, 6.45) is 2.73. The predicted molar refractivity (Wildman–Crippen MR) is 81.0 cm³/mol. The minimum absolute atomic E-state index is 0.250. The molecule has 2 rings (SSSR count). The van der Waals surface area contributed by atoms with Gasteiger partial charge in [-0.25, -0.2) is 4.79 Å². The number of piperidine rings is 2. The van der Waals surface area contributed by atoms with Crippen LogP contribution in [0.1, 0.15) is 46.5 Å². The molecule has 0 spiro atoms. The van der Waals surface area contributed by atoms with E-state index in [4.69, 9.17) is 10.5 Å². The van der Waals surface area contributed by atoms with Crippen LogP contribution in [0.15, 0.2) is 0 Å². The molecule has 4 N–H and O–H groups in total. The molecule has 2 atom stereocenters. The van der Waals surface area contributed by atoms with Crippen LogP contribution in [-0.4, -0.2) is 59.0 Å². The van der Waals surface area contributed by atoms with Gasteiger partial charge in [-0.05, 0) is 53.0 Å². The first-order valence-corrected chi connectivity index (χ1v) is 7.85. The molecule has 2 aliphatic heterocycles. The molecule has 6 heteroatoms. The number of amides is 1. The molecule has 2 aliphatic rings. The van der Waals surface area contributed by atoms with Gasteiger partial charge in [-0.1, -0.05) is 0 Å². The lowest BCUT2D eigenvalue weighted by molar-refractivity contribution is -0.0944. The first-order valence-electron chi connectivity index (χ1n) is 7.85. The van der Waals surface area contributed by atoms with Crippen LogP contribution in [0.5, 0.6) is 0 Å². The molecule has 0 aromatic carbocycles. The fraction of sp³-hybridized carbons (Fsp3) is 0.933.